The van der Waals surface area contributed by atoms with Crippen LogP contribution in [0.2, 0.25) is 5.02 Å². The summed E-state index contributed by atoms with van der Waals surface area (Å²) in [4.78, 5) is 0. The lowest BCUT2D eigenvalue weighted by Gasteiger charge is -2.22. The van der Waals surface area contributed by atoms with Crippen molar-refractivity contribution in [2.24, 2.45) is 5.92 Å². The summed E-state index contributed by atoms with van der Waals surface area (Å²) in [5.41, 5.74) is 2.37. The minimum absolute atomic E-state index is 0.536. The summed E-state index contributed by atoms with van der Waals surface area (Å²) in [6.45, 7) is 4.87. The van der Waals surface area contributed by atoms with Gasteiger partial charge in [0.1, 0.15) is 12.4 Å². The molecule has 1 heterocycles. The number of benzene rings is 2. The Morgan fingerprint density at radius 3 is 2.58 bits per heavy atom. The van der Waals surface area contributed by atoms with Gasteiger partial charge in [-0.3, -0.25) is 0 Å². The van der Waals surface area contributed by atoms with E-state index in [1.807, 2.05) is 36.4 Å². The van der Waals surface area contributed by atoms with Gasteiger partial charge in [-0.2, -0.15) is 0 Å². The lowest BCUT2D eigenvalue weighted by molar-refractivity contribution is 0.306. The summed E-state index contributed by atoms with van der Waals surface area (Å²) >= 11 is 5.99. The molecular formula is C20H25ClN2O. The van der Waals surface area contributed by atoms with Crippen molar-refractivity contribution in [1.29, 1.82) is 0 Å². The van der Waals surface area contributed by atoms with Crippen LogP contribution in [0.1, 0.15) is 24.0 Å². The summed E-state index contributed by atoms with van der Waals surface area (Å²) in [6, 6.07) is 16.1. The molecule has 4 heteroatoms. The van der Waals surface area contributed by atoms with E-state index in [9.17, 15) is 0 Å². The standard InChI is InChI=1S/C20H25ClN2O/c21-19-3-1-2-18(12-19)15-24-20-6-4-16(5-7-20)13-23-14-17-8-10-22-11-9-17/h1-7,12,17,22-23H,8-11,13-15H2. The molecule has 0 aromatic heterocycles. The van der Waals surface area contributed by atoms with Crippen molar-refractivity contribution in [1.82, 2.24) is 10.6 Å². The van der Waals surface area contributed by atoms with Crippen LogP contribution in [-0.4, -0.2) is 19.6 Å². The van der Waals surface area contributed by atoms with Crippen molar-refractivity contribution in [3.05, 3.63) is 64.7 Å². The maximum atomic E-state index is 5.99. The number of halogens is 1. The molecular weight excluding hydrogens is 320 g/mol. The third kappa shape index (κ3) is 5.52. The van der Waals surface area contributed by atoms with Crippen molar-refractivity contribution in [2.75, 3.05) is 19.6 Å². The van der Waals surface area contributed by atoms with Crippen LogP contribution in [0.15, 0.2) is 48.5 Å². The van der Waals surface area contributed by atoms with Gasteiger partial charge in [-0.25, -0.2) is 0 Å². The zero-order valence-electron chi connectivity index (χ0n) is 13.9. The molecule has 2 aromatic rings. The Bertz CT molecular complexity index is 624. The Kier molecular flexibility index (Phi) is 6.53. The molecule has 3 rings (SSSR count). The monoisotopic (exact) mass is 344 g/mol. The van der Waals surface area contributed by atoms with Gasteiger partial charge in [-0.15, -0.1) is 0 Å². The second-order valence-electron chi connectivity index (χ2n) is 6.39. The van der Waals surface area contributed by atoms with E-state index < -0.39 is 0 Å². The highest BCUT2D eigenvalue weighted by molar-refractivity contribution is 6.30. The van der Waals surface area contributed by atoms with Gasteiger partial charge in [0.2, 0.25) is 0 Å². The average molecular weight is 345 g/mol. The van der Waals surface area contributed by atoms with Crippen LogP contribution < -0.4 is 15.4 Å². The largest absolute Gasteiger partial charge is 0.489 e. The molecule has 0 saturated carbocycles. The summed E-state index contributed by atoms with van der Waals surface area (Å²) in [6.07, 6.45) is 2.56. The van der Waals surface area contributed by atoms with E-state index >= 15 is 0 Å². The van der Waals surface area contributed by atoms with Crippen LogP contribution in [0.5, 0.6) is 5.75 Å². The van der Waals surface area contributed by atoms with Crippen LogP contribution in [0, 0.1) is 5.92 Å². The third-order valence-corrected chi connectivity index (χ3v) is 4.67. The zero-order chi connectivity index (χ0) is 16.6. The first-order valence-electron chi connectivity index (χ1n) is 8.67. The molecule has 0 spiro atoms. The summed E-state index contributed by atoms with van der Waals surface area (Å²) < 4.78 is 5.82. The molecule has 0 atom stereocenters. The lowest BCUT2D eigenvalue weighted by Crippen LogP contribution is -2.33. The molecule has 0 aliphatic carbocycles. The third-order valence-electron chi connectivity index (χ3n) is 4.44. The lowest BCUT2D eigenvalue weighted by atomic mass is 9.98. The first-order valence-corrected chi connectivity index (χ1v) is 9.05. The van der Waals surface area contributed by atoms with Crippen molar-refractivity contribution in [3.63, 3.8) is 0 Å². The Morgan fingerprint density at radius 1 is 1.04 bits per heavy atom. The van der Waals surface area contributed by atoms with Crippen molar-refractivity contribution >= 4 is 11.6 Å². The first kappa shape index (κ1) is 17.3. The van der Waals surface area contributed by atoms with E-state index in [-0.39, 0.29) is 0 Å². The highest BCUT2D eigenvalue weighted by atomic mass is 35.5. The number of rotatable bonds is 7. The van der Waals surface area contributed by atoms with Gasteiger partial charge in [0.25, 0.3) is 0 Å². The minimum atomic E-state index is 0.536. The van der Waals surface area contributed by atoms with Crippen LogP contribution in [0.4, 0.5) is 0 Å². The van der Waals surface area contributed by atoms with Crippen LogP contribution in [-0.2, 0) is 13.2 Å². The minimum Gasteiger partial charge on any atom is -0.489 e. The molecule has 1 saturated heterocycles. The van der Waals surface area contributed by atoms with Gasteiger partial charge >= 0.3 is 0 Å². The second kappa shape index (κ2) is 9.07. The summed E-state index contributed by atoms with van der Waals surface area (Å²) in [7, 11) is 0. The predicted molar refractivity (Wildman–Crippen MR) is 99.5 cm³/mol. The molecule has 1 aliphatic rings. The highest BCUT2D eigenvalue weighted by Crippen LogP contribution is 2.16. The second-order valence-corrected chi connectivity index (χ2v) is 6.82. The number of hydrogen-bond acceptors (Lipinski definition) is 3. The van der Waals surface area contributed by atoms with Gasteiger partial charge in [0.05, 0.1) is 0 Å². The Hall–Kier alpha value is -1.55. The Balaban J connectivity index is 1.41. The fraction of sp³-hybridized carbons (Fsp3) is 0.400. The summed E-state index contributed by atoms with van der Waals surface area (Å²) in [5.74, 6) is 1.70. The SMILES string of the molecule is Clc1cccc(COc2ccc(CNCC3CCNCC3)cc2)c1. The molecule has 128 valence electrons. The van der Waals surface area contributed by atoms with Gasteiger partial charge in [0, 0.05) is 11.6 Å². The number of piperidine rings is 1. The van der Waals surface area contributed by atoms with Gasteiger partial charge in [-0.1, -0.05) is 35.9 Å². The fourth-order valence-corrected chi connectivity index (χ4v) is 3.22. The van der Waals surface area contributed by atoms with E-state index in [2.05, 4.69) is 22.8 Å². The fourth-order valence-electron chi connectivity index (χ4n) is 3.00. The topological polar surface area (TPSA) is 33.3 Å². The number of nitrogens with one attached hydrogen (secondary N) is 2. The highest BCUT2D eigenvalue weighted by Gasteiger charge is 2.11. The molecule has 2 aromatic carbocycles. The van der Waals surface area contributed by atoms with Gasteiger partial charge < -0.3 is 15.4 Å². The zero-order valence-corrected chi connectivity index (χ0v) is 14.7. The maximum Gasteiger partial charge on any atom is 0.119 e. The Labute approximate surface area is 149 Å². The maximum absolute atomic E-state index is 5.99. The van der Waals surface area contributed by atoms with E-state index in [1.165, 1.54) is 18.4 Å². The van der Waals surface area contributed by atoms with Crippen LogP contribution in [0.25, 0.3) is 0 Å². The molecule has 0 amide bonds. The molecule has 2 N–H and O–H groups in total. The molecule has 1 fully saturated rings. The van der Waals surface area contributed by atoms with E-state index in [4.69, 9.17) is 16.3 Å². The molecule has 0 unspecified atom stereocenters. The van der Waals surface area contributed by atoms with Crippen molar-refractivity contribution < 1.29 is 4.74 Å². The van der Waals surface area contributed by atoms with Crippen molar-refractivity contribution in [3.8, 4) is 5.75 Å². The molecule has 0 radical (unpaired) electrons. The Morgan fingerprint density at radius 2 is 1.83 bits per heavy atom. The van der Waals surface area contributed by atoms with Gasteiger partial charge in [0.15, 0.2) is 0 Å². The van der Waals surface area contributed by atoms with Gasteiger partial charge in [-0.05, 0) is 73.8 Å². The smallest absolute Gasteiger partial charge is 0.119 e. The molecule has 0 bridgehead atoms. The molecule has 1 aliphatic heterocycles. The molecule has 24 heavy (non-hydrogen) atoms. The predicted octanol–water partition coefficient (Wildman–Crippen LogP) is 4.01. The van der Waals surface area contributed by atoms with E-state index in [0.29, 0.717) is 6.61 Å². The number of hydrogen-bond donors (Lipinski definition) is 2. The van der Waals surface area contributed by atoms with Crippen molar-refractivity contribution in [2.45, 2.75) is 26.0 Å². The van der Waals surface area contributed by atoms with Crippen LogP contribution >= 0.6 is 11.6 Å². The van der Waals surface area contributed by atoms with Crippen LogP contribution in [0.3, 0.4) is 0 Å². The molecule has 3 nitrogen and oxygen atoms in total. The normalized spacial score (nSPS) is 15.4. The van der Waals surface area contributed by atoms with E-state index in [0.717, 1.165) is 48.4 Å². The van der Waals surface area contributed by atoms with E-state index in [1.54, 1.807) is 0 Å². The quantitative estimate of drug-likeness (QED) is 0.796. The average Bonchev–Trinajstić information content (AvgIpc) is 2.62. The number of ether oxygens (including phenoxy) is 1. The summed E-state index contributed by atoms with van der Waals surface area (Å²) in [5, 5.41) is 7.72. The first-order chi connectivity index (χ1) is 11.8.